The first-order valence-corrected chi connectivity index (χ1v) is 17.1. The van der Waals surface area contributed by atoms with Crippen LogP contribution >= 0.6 is 0 Å². The van der Waals surface area contributed by atoms with Crippen molar-refractivity contribution in [3.63, 3.8) is 0 Å². The van der Waals surface area contributed by atoms with Gasteiger partial charge in [-0.3, -0.25) is 9.59 Å². The van der Waals surface area contributed by atoms with Gasteiger partial charge in [-0.25, -0.2) is 4.79 Å². The van der Waals surface area contributed by atoms with Gasteiger partial charge in [-0.1, -0.05) is 117 Å². The molecule has 0 saturated carbocycles. The highest BCUT2D eigenvalue weighted by molar-refractivity contribution is 6.12. The summed E-state index contributed by atoms with van der Waals surface area (Å²) in [5, 5.41) is 6.18. The predicted molar refractivity (Wildman–Crippen MR) is 191 cm³/mol. The molecule has 4 aromatic rings. The summed E-state index contributed by atoms with van der Waals surface area (Å²) >= 11 is 0. The lowest BCUT2D eigenvalue weighted by molar-refractivity contribution is -0.141. The number of unbranched alkanes of at least 4 members (excludes halogenated alkanes) is 6. The topological polar surface area (TPSA) is 93.7 Å². The van der Waals surface area contributed by atoms with E-state index in [1.807, 2.05) is 48.5 Å². The predicted octanol–water partition coefficient (Wildman–Crippen LogP) is 7.97. The number of carbonyl (C=O) groups is 3. The number of esters is 1. The molecule has 4 aromatic carbocycles. The molecule has 0 bridgehead atoms. The Balaban J connectivity index is 1.12. The highest BCUT2D eigenvalue weighted by atomic mass is 16.5. The fraction of sp³-hybridized carbons (Fsp3) is 0.341. The zero-order chi connectivity index (χ0) is 33.8. The fourth-order valence-electron chi connectivity index (χ4n) is 5.62. The van der Waals surface area contributed by atoms with Crippen LogP contribution in [0.5, 0.6) is 5.75 Å². The monoisotopic (exact) mass is 648 g/mol. The summed E-state index contributed by atoms with van der Waals surface area (Å²) < 4.78 is 10.9. The first-order chi connectivity index (χ1) is 23.5. The maximum atomic E-state index is 13.2. The van der Waals surface area contributed by atoms with Crippen LogP contribution in [0.3, 0.4) is 0 Å². The number of rotatable bonds is 21. The van der Waals surface area contributed by atoms with Crippen molar-refractivity contribution in [3.05, 3.63) is 131 Å². The number of amides is 1. The standard InChI is InChI=1S/C41H48N2O5/c1-47-41(46)38(43-37-23-16-15-22-36(37)40(45)34-20-12-8-13-21-34)31-33-25-27-35(28-26-33)48-30-29-42-39(44)24-14-6-4-2-3-5-9-17-32-18-10-7-11-19-32/h7-8,10-13,15-16,18-23,25-28,38,43H,2-6,9,14,17,24,29-31H2,1H3,(H,42,44)/t38-/m0/s1. The summed E-state index contributed by atoms with van der Waals surface area (Å²) in [5.74, 6) is 0.183. The number of carbonyl (C=O) groups excluding carboxylic acids is 3. The van der Waals surface area contributed by atoms with E-state index in [4.69, 9.17) is 9.47 Å². The maximum absolute atomic E-state index is 13.2. The number of benzene rings is 4. The van der Waals surface area contributed by atoms with Crippen LogP contribution in [0.2, 0.25) is 0 Å². The molecule has 1 atom stereocenters. The van der Waals surface area contributed by atoms with Gasteiger partial charge in [-0.15, -0.1) is 0 Å². The van der Waals surface area contributed by atoms with Gasteiger partial charge in [0.15, 0.2) is 5.78 Å². The second-order valence-corrected chi connectivity index (χ2v) is 12.0. The summed E-state index contributed by atoms with van der Waals surface area (Å²) in [6.45, 7) is 0.810. The molecular formula is C41H48N2O5. The van der Waals surface area contributed by atoms with Crippen molar-refractivity contribution in [2.45, 2.75) is 70.3 Å². The summed E-state index contributed by atoms with van der Waals surface area (Å²) in [4.78, 5) is 38.1. The molecule has 0 spiro atoms. The van der Waals surface area contributed by atoms with E-state index in [2.05, 4.69) is 41.0 Å². The van der Waals surface area contributed by atoms with Crippen molar-refractivity contribution in [2.24, 2.45) is 0 Å². The smallest absolute Gasteiger partial charge is 0.328 e. The third-order valence-electron chi connectivity index (χ3n) is 8.29. The number of hydrogen-bond donors (Lipinski definition) is 2. The van der Waals surface area contributed by atoms with E-state index in [9.17, 15) is 14.4 Å². The molecule has 2 N–H and O–H groups in total. The maximum Gasteiger partial charge on any atom is 0.328 e. The van der Waals surface area contributed by atoms with Crippen molar-refractivity contribution in [1.29, 1.82) is 0 Å². The molecule has 0 heterocycles. The van der Waals surface area contributed by atoms with E-state index in [-0.39, 0.29) is 11.7 Å². The third-order valence-corrected chi connectivity index (χ3v) is 8.29. The van der Waals surface area contributed by atoms with E-state index >= 15 is 0 Å². The van der Waals surface area contributed by atoms with Gasteiger partial charge in [0.25, 0.3) is 0 Å². The van der Waals surface area contributed by atoms with Crippen LogP contribution in [0.1, 0.15) is 78.4 Å². The van der Waals surface area contributed by atoms with E-state index in [0.29, 0.717) is 48.6 Å². The number of methoxy groups -OCH3 is 1. The van der Waals surface area contributed by atoms with Crippen molar-refractivity contribution < 1.29 is 23.9 Å². The van der Waals surface area contributed by atoms with Crippen LogP contribution in [-0.2, 0) is 27.2 Å². The molecule has 4 rings (SSSR count). The van der Waals surface area contributed by atoms with Crippen molar-refractivity contribution in [3.8, 4) is 5.75 Å². The number of hydrogen-bond acceptors (Lipinski definition) is 6. The average Bonchev–Trinajstić information content (AvgIpc) is 3.13. The minimum atomic E-state index is -0.702. The summed E-state index contributed by atoms with van der Waals surface area (Å²) in [5.41, 5.74) is 3.93. The lowest BCUT2D eigenvalue weighted by Gasteiger charge is -2.20. The Bertz CT molecular complexity index is 1540. The van der Waals surface area contributed by atoms with Crippen molar-refractivity contribution in [2.75, 3.05) is 25.6 Å². The second-order valence-electron chi connectivity index (χ2n) is 12.0. The van der Waals surface area contributed by atoms with Gasteiger partial charge in [0.2, 0.25) is 5.91 Å². The van der Waals surface area contributed by atoms with Crippen LogP contribution in [0.25, 0.3) is 0 Å². The van der Waals surface area contributed by atoms with Gasteiger partial charge in [0, 0.05) is 29.7 Å². The number of anilines is 1. The molecule has 48 heavy (non-hydrogen) atoms. The molecule has 0 aliphatic heterocycles. The minimum Gasteiger partial charge on any atom is -0.492 e. The van der Waals surface area contributed by atoms with Crippen LogP contribution in [0.4, 0.5) is 5.69 Å². The lowest BCUT2D eigenvalue weighted by Crippen LogP contribution is -2.33. The highest BCUT2D eigenvalue weighted by Crippen LogP contribution is 2.22. The first kappa shape index (κ1) is 35.9. The second kappa shape index (κ2) is 20.4. The Kier molecular flexibility index (Phi) is 15.2. The fourth-order valence-corrected chi connectivity index (χ4v) is 5.62. The molecule has 0 aliphatic carbocycles. The number of ether oxygens (including phenoxy) is 2. The molecule has 0 saturated heterocycles. The summed E-state index contributed by atoms with van der Waals surface area (Å²) in [6.07, 6.45) is 10.2. The van der Waals surface area contributed by atoms with Gasteiger partial charge in [0.05, 0.1) is 13.7 Å². The molecule has 0 fully saturated rings. The number of ketones is 1. The lowest BCUT2D eigenvalue weighted by atomic mass is 10.00. The van der Waals surface area contributed by atoms with Gasteiger partial charge in [-0.2, -0.15) is 0 Å². The first-order valence-electron chi connectivity index (χ1n) is 17.1. The van der Waals surface area contributed by atoms with E-state index in [1.54, 1.807) is 30.3 Å². The Morgan fingerprint density at radius 2 is 1.29 bits per heavy atom. The molecule has 0 radical (unpaired) electrons. The Labute approximate surface area is 285 Å². The van der Waals surface area contributed by atoms with Crippen molar-refractivity contribution >= 4 is 23.3 Å². The van der Waals surface area contributed by atoms with E-state index in [0.717, 1.165) is 24.8 Å². The highest BCUT2D eigenvalue weighted by Gasteiger charge is 2.22. The SMILES string of the molecule is COC(=O)[C@H](Cc1ccc(OCCNC(=O)CCCCCCCCCc2ccccc2)cc1)Nc1ccccc1C(=O)c1ccccc1. The third kappa shape index (κ3) is 12.4. The summed E-state index contributed by atoms with van der Waals surface area (Å²) in [6, 6.07) is 33.7. The number of nitrogens with one attached hydrogen (secondary N) is 2. The molecule has 252 valence electrons. The Morgan fingerprint density at radius 3 is 2.00 bits per heavy atom. The minimum absolute atomic E-state index is 0.0604. The largest absolute Gasteiger partial charge is 0.492 e. The average molecular weight is 649 g/mol. The van der Waals surface area contributed by atoms with Crippen LogP contribution in [0.15, 0.2) is 109 Å². The Morgan fingerprint density at radius 1 is 0.667 bits per heavy atom. The molecule has 0 aliphatic rings. The molecule has 7 nitrogen and oxygen atoms in total. The number of para-hydroxylation sites is 1. The number of aryl methyl sites for hydroxylation is 1. The molecule has 7 heteroatoms. The zero-order valence-corrected chi connectivity index (χ0v) is 28.0. The van der Waals surface area contributed by atoms with Gasteiger partial charge >= 0.3 is 5.97 Å². The molecule has 0 unspecified atom stereocenters. The van der Waals surface area contributed by atoms with E-state index < -0.39 is 12.0 Å². The van der Waals surface area contributed by atoms with Crippen LogP contribution in [-0.4, -0.2) is 44.0 Å². The normalized spacial score (nSPS) is 11.4. The van der Waals surface area contributed by atoms with Gasteiger partial charge < -0.3 is 20.1 Å². The van der Waals surface area contributed by atoms with Gasteiger partial charge in [-0.05, 0) is 54.7 Å². The zero-order valence-electron chi connectivity index (χ0n) is 28.0. The molecule has 1 amide bonds. The van der Waals surface area contributed by atoms with Crippen LogP contribution < -0.4 is 15.4 Å². The molecule has 0 aromatic heterocycles. The van der Waals surface area contributed by atoms with Crippen LogP contribution in [0, 0.1) is 0 Å². The quantitative estimate of drug-likeness (QED) is 0.0541. The Hall–Kier alpha value is -4.91. The van der Waals surface area contributed by atoms with Crippen molar-refractivity contribution in [1.82, 2.24) is 5.32 Å². The van der Waals surface area contributed by atoms with Gasteiger partial charge in [0.1, 0.15) is 18.4 Å². The van der Waals surface area contributed by atoms with E-state index in [1.165, 1.54) is 44.8 Å². The summed E-state index contributed by atoms with van der Waals surface area (Å²) in [7, 11) is 1.35. The molecular weight excluding hydrogens is 600 g/mol.